The molecule has 4 heteroatoms. The second-order valence-corrected chi connectivity index (χ2v) is 8.35. The molecule has 0 aliphatic rings. The number of fused-ring (bicyclic) bond motifs is 1. The Bertz CT molecular complexity index is 1030. The Morgan fingerprint density at radius 3 is 2.67 bits per heavy atom. The van der Waals surface area contributed by atoms with E-state index in [2.05, 4.69) is 61.8 Å². The molecular formula is C29H36N2O2. The van der Waals surface area contributed by atoms with Crippen LogP contribution in [0.3, 0.4) is 0 Å². The molecule has 1 unspecified atom stereocenters. The summed E-state index contributed by atoms with van der Waals surface area (Å²) in [5.74, 6) is 0.773. The summed E-state index contributed by atoms with van der Waals surface area (Å²) in [6.07, 6.45) is 15.3. The second kappa shape index (κ2) is 13.5. The third-order valence-corrected chi connectivity index (χ3v) is 5.53. The topological polar surface area (TPSA) is 44.2 Å². The van der Waals surface area contributed by atoms with Gasteiger partial charge in [0.05, 0.1) is 29.0 Å². The van der Waals surface area contributed by atoms with E-state index in [1.165, 1.54) is 24.8 Å². The number of unbranched alkanes of at least 4 members (excludes halogenated alkanes) is 3. The summed E-state index contributed by atoms with van der Waals surface area (Å²) in [4.78, 5) is 9.33. The molecule has 0 radical (unpaired) electrons. The molecule has 4 nitrogen and oxygen atoms in total. The third kappa shape index (κ3) is 8.14. The summed E-state index contributed by atoms with van der Waals surface area (Å²) in [5.41, 5.74) is 4.79. The van der Waals surface area contributed by atoms with Crippen molar-refractivity contribution in [2.24, 2.45) is 0 Å². The first-order valence-corrected chi connectivity index (χ1v) is 12.1. The molecule has 0 bridgehead atoms. The molecule has 174 valence electrons. The van der Waals surface area contributed by atoms with Crippen LogP contribution in [0.5, 0.6) is 5.75 Å². The Hall–Kier alpha value is -2.98. The van der Waals surface area contributed by atoms with Crippen LogP contribution < -0.4 is 4.74 Å². The van der Waals surface area contributed by atoms with Crippen molar-refractivity contribution in [3.8, 4) is 17.0 Å². The summed E-state index contributed by atoms with van der Waals surface area (Å²) in [7, 11) is 0. The minimum atomic E-state index is 0.351. The summed E-state index contributed by atoms with van der Waals surface area (Å²) < 4.78 is 11.4. The minimum Gasteiger partial charge on any atom is -0.489 e. The molecule has 0 N–H and O–H groups in total. The Balaban J connectivity index is 1.49. The molecule has 0 aliphatic heterocycles. The highest BCUT2D eigenvalue weighted by molar-refractivity contribution is 5.78. The molecule has 0 aliphatic carbocycles. The van der Waals surface area contributed by atoms with Crippen LogP contribution in [-0.4, -0.2) is 29.3 Å². The lowest BCUT2D eigenvalue weighted by Crippen LogP contribution is -2.08. The third-order valence-electron chi connectivity index (χ3n) is 5.53. The highest BCUT2D eigenvalue weighted by atomic mass is 16.5. The zero-order chi connectivity index (χ0) is 23.3. The first kappa shape index (κ1) is 24.7. The van der Waals surface area contributed by atoms with Crippen LogP contribution in [0.2, 0.25) is 0 Å². The lowest BCUT2D eigenvalue weighted by atomic mass is 10.1. The van der Waals surface area contributed by atoms with Gasteiger partial charge < -0.3 is 9.47 Å². The van der Waals surface area contributed by atoms with Crippen LogP contribution in [0.25, 0.3) is 28.4 Å². The van der Waals surface area contributed by atoms with Gasteiger partial charge >= 0.3 is 0 Å². The van der Waals surface area contributed by atoms with Gasteiger partial charge in [0, 0.05) is 18.2 Å². The summed E-state index contributed by atoms with van der Waals surface area (Å²) >= 11 is 0. The highest BCUT2D eigenvalue weighted by Gasteiger charge is 2.05. The van der Waals surface area contributed by atoms with Gasteiger partial charge in [0.25, 0.3) is 0 Å². The van der Waals surface area contributed by atoms with Gasteiger partial charge in [0.1, 0.15) is 12.4 Å². The first-order valence-electron chi connectivity index (χ1n) is 12.1. The lowest BCUT2D eigenvalue weighted by molar-refractivity contribution is 0.0566. The molecule has 0 spiro atoms. The van der Waals surface area contributed by atoms with Gasteiger partial charge in [-0.15, -0.1) is 0 Å². The molecule has 1 atom stereocenters. The van der Waals surface area contributed by atoms with E-state index in [4.69, 9.17) is 14.5 Å². The van der Waals surface area contributed by atoms with Crippen LogP contribution in [-0.2, 0) is 4.74 Å². The molecular weight excluding hydrogens is 408 g/mol. The molecule has 1 heterocycles. The number of allylic oxidation sites excluding steroid dienone is 1. The highest BCUT2D eigenvalue weighted by Crippen LogP contribution is 2.23. The van der Waals surface area contributed by atoms with Crippen molar-refractivity contribution in [1.82, 2.24) is 9.97 Å². The van der Waals surface area contributed by atoms with Crippen molar-refractivity contribution >= 4 is 17.1 Å². The summed E-state index contributed by atoms with van der Waals surface area (Å²) in [5, 5.41) is 0. The van der Waals surface area contributed by atoms with Gasteiger partial charge in [-0.1, -0.05) is 68.8 Å². The van der Waals surface area contributed by atoms with Crippen molar-refractivity contribution in [2.45, 2.75) is 58.5 Å². The first-order chi connectivity index (χ1) is 16.2. The van der Waals surface area contributed by atoms with Crippen molar-refractivity contribution in [3.05, 3.63) is 73.0 Å². The number of nitrogens with zero attached hydrogens (tertiary/aromatic N) is 2. The van der Waals surface area contributed by atoms with Crippen LogP contribution in [0.1, 0.15) is 57.9 Å². The fourth-order valence-corrected chi connectivity index (χ4v) is 3.60. The number of hydrogen-bond acceptors (Lipinski definition) is 4. The molecule has 0 fully saturated rings. The summed E-state index contributed by atoms with van der Waals surface area (Å²) in [6, 6.07) is 14.2. The maximum Gasteiger partial charge on any atom is 0.122 e. The largest absolute Gasteiger partial charge is 0.489 e. The van der Waals surface area contributed by atoms with Crippen molar-refractivity contribution in [1.29, 1.82) is 0 Å². The van der Waals surface area contributed by atoms with Gasteiger partial charge in [-0.3, -0.25) is 4.98 Å². The quantitative estimate of drug-likeness (QED) is 0.189. The van der Waals surface area contributed by atoms with E-state index in [1.807, 2.05) is 24.4 Å². The zero-order valence-corrected chi connectivity index (χ0v) is 20.0. The number of rotatable bonds is 14. The van der Waals surface area contributed by atoms with E-state index < -0.39 is 0 Å². The molecule has 3 aromatic rings. The molecule has 33 heavy (non-hydrogen) atoms. The predicted octanol–water partition coefficient (Wildman–Crippen LogP) is 7.64. The Morgan fingerprint density at radius 2 is 1.88 bits per heavy atom. The fraction of sp³-hybridized carbons (Fsp3) is 0.379. The smallest absolute Gasteiger partial charge is 0.122 e. The van der Waals surface area contributed by atoms with Crippen molar-refractivity contribution in [2.75, 3.05) is 13.2 Å². The van der Waals surface area contributed by atoms with Gasteiger partial charge in [-0.05, 0) is 50.3 Å². The number of benzene rings is 2. The lowest BCUT2D eigenvalue weighted by Gasteiger charge is -2.12. The predicted molar refractivity (Wildman–Crippen MR) is 138 cm³/mol. The zero-order valence-electron chi connectivity index (χ0n) is 20.0. The number of ether oxygens (including phenoxy) is 2. The van der Waals surface area contributed by atoms with Crippen LogP contribution in [0.15, 0.2) is 67.4 Å². The van der Waals surface area contributed by atoms with Crippen molar-refractivity contribution < 1.29 is 9.47 Å². The SMILES string of the molecule is C=CCOc1ccc2nc(-c3ccc(C=CCCCC(C)OCCCCC)cc3)cnc2c1. The average Bonchev–Trinajstić information content (AvgIpc) is 2.85. The number of aromatic nitrogens is 2. The van der Waals surface area contributed by atoms with E-state index >= 15 is 0 Å². The van der Waals surface area contributed by atoms with Crippen LogP contribution in [0, 0.1) is 0 Å². The Morgan fingerprint density at radius 1 is 1.03 bits per heavy atom. The molecule has 0 amide bonds. The van der Waals surface area contributed by atoms with Gasteiger partial charge in [0.2, 0.25) is 0 Å². The molecule has 0 saturated heterocycles. The normalized spacial score (nSPS) is 12.3. The van der Waals surface area contributed by atoms with E-state index in [0.29, 0.717) is 12.7 Å². The van der Waals surface area contributed by atoms with E-state index in [0.717, 1.165) is 53.9 Å². The van der Waals surface area contributed by atoms with E-state index in [1.54, 1.807) is 6.08 Å². The standard InChI is InChI=1S/C29H36N2O2/c1-4-6-10-20-32-23(3)11-8-7-9-12-24-13-15-25(16-14-24)29-22-30-28-21-26(33-19-5-2)17-18-27(28)31-29/h5,9,12-18,21-23H,2,4,6-8,10-11,19-20H2,1,3H3. The summed E-state index contributed by atoms with van der Waals surface area (Å²) in [6.45, 7) is 9.44. The Kier molecular flexibility index (Phi) is 10.1. The van der Waals surface area contributed by atoms with Crippen molar-refractivity contribution in [3.63, 3.8) is 0 Å². The van der Waals surface area contributed by atoms with E-state index in [-0.39, 0.29) is 0 Å². The molecule has 2 aromatic carbocycles. The van der Waals surface area contributed by atoms with Crippen LogP contribution in [0.4, 0.5) is 0 Å². The van der Waals surface area contributed by atoms with Gasteiger partial charge in [0.15, 0.2) is 0 Å². The molecule has 3 rings (SSSR count). The maximum absolute atomic E-state index is 5.87. The number of hydrogen-bond donors (Lipinski definition) is 0. The minimum absolute atomic E-state index is 0.351. The molecule has 0 saturated carbocycles. The van der Waals surface area contributed by atoms with Crippen LogP contribution >= 0.6 is 0 Å². The fourth-order valence-electron chi connectivity index (χ4n) is 3.60. The van der Waals surface area contributed by atoms with E-state index in [9.17, 15) is 0 Å². The monoisotopic (exact) mass is 444 g/mol. The second-order valence-electron chi connectivity index (χ2n) is 8.35. The van der Waals surface area contributed by atoms with Gasteiger partial charge in [-0.2, -0.15) is 0 Å². The molecule has 1 aromatic heterocycles. The van der Waals surface area contributed by atoms with Gasteiger partial charge in [-0.25, -0.2) is 4.98 Å². The maximum atomic E-state index is 5.87. The Labute approximate surface area is 198 Å². The average molecular weight is 445 g/mol.